The minimum Gasteiger partial charge on any atom is -0.464 e. The smallest absolute Gasteiger partial charge is 0.360 e. The molecule has 2 amide bonds. The first-order valence-electron chi connectivity index (χ1n) is 9.27. The summed E-state index contributed by atoms with van der Waals surface area (Å²) in [6.45, 7) is 5.84. The van der Waals surface area contributed by atoms with Crippen LogP contribution in [0.25, 0.3) is 0 Å². The molecular formula is C19H25N3O5. The summed E-state index contributed by atoms with van der Waals surface area (Å²) in [4.78, 5) is 44.0. The van der Waals surface area contributed by atoms with Crippen molar-refractivity contribution in [2.45, 2.75) is 31.6 Å². The average molecular weight is 375 g/mol. The molecule has 2 saturated heterocycles. The van der Waals surface area contributed by atoms with Gasteiger partial charge in [-0.15, -0.1) is 0 Å². The lowest BCUT2D eigenvalue weighted by Crippen LogP contribution is -2.48. The minimum absolute atomic E-state index is 0.0378. The van der Waals surface area contributed by atoms with E-state index in [1.165, 1.54) is 19.6 Å². The summed E-state index contributed by atoms with van der Waals surface area (Å²) in [6, 6.07) is 0. The summed E-state index contributed by atoms with van der Waals surface area (Å²) < 4.78 is 10.2. The molecule has 0 aliphatic carbocycles. The van der Waals surface area contributed by atoms with Crippen LogP contribution in [0.2, 0.25) is 0 Å². The molecule has 1 unspecified atom stereocenters. The van der Waals surface area contributed by atoms with Crippen molar-refractivity contribution in [1.82, 2.24) is 14.8 Å². The Labute approximate surface area is 158 Å². The Hall–Kier alpha value is -2.64. The molecular weight excluding hydrogens is 350 g/mol. The number of methoxy groups -OCH3 is 1. The van der Waals surface area contributed by atoms with E-state index in [4.69, 9.17) is 9.15 Å². The van der Waals surface area contributed by atoms with Crippen molar-refractivity contribution in [3.05, 3.63) is 30.5 Å². The number of likely N-dealkylation sites (tertiary alicyclic amines) is 2. The topological polar surface area (TPSA) is 93.0 Å². The molecule has 0 radical (unpaired) electrons. The quantitative estimate of drug-likeness (QED) is 0.586. The predicted octanol–water partition coefficient (Wildman–Crippen LogP) is 1.59. The van der Waals surface area contributed by atoms with Crippen LogP contribution in [0.3, 0.4) is 0 Å². The summed E-state index contributed by atoms with van der Waals surface area (Å²) in [7, 11) is 1.31. The van der Waals surface area contributed by atoms with Gasteiger partial charge in [-0.25, -0.2) is 9.78 Å². The van der Waals surface area contributed by atoms with Crippen LogP contribution < -0.4 is 0 Å². The van der Waals surface area contributed by atoms with E-state index in [2.05, 4.69) is 11.6 Å². The molecule has 2 fully saturated rings. The summed E-state index contributed by atoms with van der Waals surface area (Å²) in [5.41, 5.74) is 0.216. The van der Waals surface area contributed by atoms with Gasteiger partial charge in [-0.1, -0.05) is 6.58 Å². The Morgan fingerprint density at radius 3 is 2.63 bits per heavy atom. The van der Waals surface area contributed by atoms with Crippen LogP contribution >= 0.6 is 0 Å². The van der Waals surface area contributed by atoms with Gasteiger partial charge in [-0.2, -0.15) is 0 Å². The van der Waals surface area contributed by atoms with Gasteiger partial charge in [0.2, 0.25) is 11.8 Å². The van der Waals surface area contributed by atoms with Crippen molar-refractivity contribution in [3.63, 3.8) is 0 Å². The molecule has 2 aliphatic heterocycles. The first-order valence-corrected chi connectivity index (χ1v) is 9.27. The number of carbonyl (C=O) groups excluding carboxylic acids is 3. The Morgan fingerprint density at radius 2 is 1.96 bits per heavy atom. The number of rotatable bonds is 4. The molecule has 3 heterocycles. The van der Waals surface area contributed by atoms with Crippen LogP contribution in [0.4, 0.5) is 0 Å². The normalized spacial score (nSPS) is 21.0. The molecule has 0 N–H and O–H groups in total. The average Bonchev–Trinajstić information content (AvgIpc) is 3.22. The first-order chi connectivity index (χ1) is 13.0. The van der Waals surface area contributed by atoms with Gasteiger partial charge in [0.25, 0.3) is 0 Å². The highest BCUT2D eigenvalue weighted by molar-refractivity contribution is 5.88. The van der Waals surface area contributed by atoms with Crippen molar-refractivity contribution < 1.29 is 23.5 Å². The van der Waals surface area contributed by atoms with Crippen molar-refractivity contribution >= 4 is 17.8 Å². The van der Waals surface area contributed by atoms with Gasteiger partial charge in [0, 0.05) is 32.1 Å². The van der Waals surface area contributed by atoms with Crippen LogP contribution in [-0.2, 0) is 14.3 Å². The molecule has 146 valence electrons. The summed E-state index contributed by atoms with van der Waals surface area (Å²) in [5, 5.41) is 0. The number of aromatic nitrogens is 1. The fourth-order valence-electron chi connectivity index (χ4n) is 3.92. The first kappa shape index (κ1) is 19.1. The Bertz CT molecular complexity index is 721. The number of hydrogen-bond donors (Lipinski definition) is 0. The number of esters is 1. The number of carbonyl (C=O) groups is 3. The highest BCUT2D eigenvalue weighted by atomic mass is 16.5. The van der Waals surface area contributed by atoms with Crippen LogP contribution in [0, 0.1) is 5.92 Å². The molecule has 1 aromatic heterocycles. The number of ether oxygens (including phenoxy) is 1. The number of oxazole rings is 1. The van der Waals surface area contributed by atoms with Gasteiger partial charge in [0.1, 0.15) is 5.76 Å². The maximum absolute atomic E-state index is 12.9. The molecule has 1 atom stereocenters. The zero-order valence-electron chi connectivity index (χ0n) is 15.6. The fourth-order valence-corrected chi connectivity index (χ4v) is 3.92. The largest absolute Gasteiger partial charge is 0.464 e. The van der Waals surface area contributed by atoms with Crippen molar-refractivity contribution in [1.29, 1.82) is 0 Å². The Balaban J connectivity index is 1.58. The van der Waals surface area contributed by atoms with Gasteiger partial charge in [-0.05, 0) is 31.8 Å². The van der Waals surface area contributed by atoms with Gasteiger partial charge in [0.15, 0.2) is 12.1 Å². The number of piperidine rings is 2. The van der Waals surface area contributed by atoms with Crippen molar-refractivity contribution in [2.75, 3.05) is 33.3 Å². The van der Waals surface area contributed by atoms with Crippen molar-refractivity contribution in [2.24, 2.45) is 5.92 Å². The summed E-state index contributed by atoms with van der Waals surface area (Å²) in [5.74, 6) is -0.112. The van der Waals surface area contributed by atoms with Gasteiger partial charge < -0.3 is 19.0 Å². The van der Waals surface area contributed by atoms with Crippen LogP contribution in [0.1, 0.15) is 47.8 Å². The van der Waals surface area contributed by atoms with Crippen LogP contribution in [0.15, 0.2) is 23.5 Å². The maximum atomic E-state index is 12.9. The zero-order chi connectivity index (χ0) is 19.4. The molecule has 0 bridgehead atoms. The minimum atomic E-state index is -0.508. The third-order valence-corrected chi connectivity index (χ3v) is 5.41. The van der Waals surface area contributed by atoms with Crippen LogP contribution in [-0.4, -0.2) is 65.9 Å². The van der Waals surface area contributed by atoms with Crippen LogP contribution in [0.5, 0.6) is 0 Å². The maximum Gasteiger partial charge on any atom is 0.360 e. The van der Waals surface area contributed by atoms with Gasteiger partial charge in [-0.3, -0.25) is 9.59 Å². The van der Waals surface area contributed by atoms with E-state index >= 15 is 0 Å². The Kier molecular flexibility index (Phi) is 5.93. The second-order valence-corrected chi connectivity index (χ2v) is 6.98. The third kappa shape index (κ3) is 4.04. The van der Waals surface area contributed by atoms with E-state index in [1.807, 2.05) is 4.90 Å². The molecule has 2 aliphatic rings. The standard InChI is InChI=1S/C19H25N3O5/c1-3-15(23)22-8-4-5-14(11-22)18(24)21-9-6-13(7-10-21)17-16(19(25)26-2)20-12-27-17/h3,12-14H,1,4-11H2,2H3. The molecule has 0 saturated carbocycles. The monoisotopic (exact) mass is 375 g/mol. The third-order valence-electron chi connectivity index (χ3n) is 5.41. The van der Waals surface area contributed by atoms with Gasteiger partial charge in [0.05, 0.1) is 13.0 Å². The second-order valence-electron chi connectivity index (χ2n) is 6.98. The van der Waals surface area contributed by atoms with E-state index in [-0.39, 0.29) is 29.3 Å². The highest BCUT2D eigenvalue weighted by Crippen LogP contribution is 2.31. The summed E-state index contributed by atoms with van der Waals surface area (Å²) >= 11 is 0. The van der Waals surface area contributed by atoms with Crippen molar-refractivity contribution in [3.8, 4) is 0 Å². The summed E-state index contributed by atoms with van der Waals surface area (Å²) in [6.07, 6.45) is 5.59. The lowest BCUT2D eigenvalue weighted by Gasteiger charge is -2.37. The van der Waals surface area contributed by atoms with E-state index in [0.29, 0.717) is 44.8 Å². The molecule has 0 spiro atoms. The lowest BCUT2D eigenvalue weighted by atomic mass is 9.90. The zero-order valence-corrected chi connectivity index (χ0v) is 15.6. The lowest BCUT2D eigenvalue weighted by molar-refractivity contribution is -0.140. The van der Waals surface area contributed by atoms with E-state index in [9.17, 15) is 14.4 Å². The fraction of sp³-hybridized carbons (Fsp3) is 0.579. The molecule has 8 heteroatoms. The molecule has 27 heavy (non-hydrogen) atoms. The molecule has 1 aromatic rings. The number of amides is 2. The van der Waals surface area contributed by atoms with E-state index in [1.54, 1.807) is 4.90 Å². The SMILES string of the molecule is C=CC(=O)N1CCCC(C(=O)N2CCC(c3ocnc3C(=O)OC)CC2)C1. The van der Waals surface area contributed by atoms with E-state index < -0.39 is 5.97 Å². The Morgan fingerprint density at radius 1 is 1.22 bits per heavy atom. The number of hydrogen-bond acceptors (Lipinski definition) is 6. The number of nitrogens with zero attached hydrogens (tertiary/aromatic N) is 3. The van der Waals surface area contributed by atoms with Gasteiger partial charge >= 0.3 is 5.97 Å². The van der Waals surface area contributed by atoms with E-state index in [0.717, 1.165) is 12.8 Å². The second kappa shape index (κ2) is 8.37. The molecule has 3 rings (SSSR count). The highest BCUT2D eigenvalue weighted by Gasteiger charge is 2.34. The molecule has 8 nitrogen and oxygen atoms in total. The predicted molar refractivity (Wildman–Crippen MR) is 95.9 cm³/mol. The molecule has 0 aromatic carbocycles.